The summed E-state index contributed by atoms with van der Waals surface area (Å²) in [5.41, 5.74) is 2.53. The molecule has 0 aromatic heterocycles. The molecule has 174 valence electrons. The van der Waals surface area contributed by atoms with E-state index < -0.39 is 18.1 Å². The van der Waals surface area contributed by atoms with Crippen molar-refractivity contribution in [1.82, 2.24) is 10.2 Å². The van der Waals surface area contributed by atoms with Crippen molar-refractivity contribution in [3.63, 3.8) is 0 Å². The van der Waals surface area contributed by atoms with Crippen LogP contribution in [0.1, 0.15) is 22.7 Å². The second-order valence-corrected chi connectivity index (χ2v) is 8.04. The van der Waals surface area contributed by atoms with Gasteiger partial charge < -0.3 is 19.7 Å². The Kier molecular flexibility index (Phi) is 7.22. The largest absolute Gasteiger partial charge is 0.489 e. The van der Waals surface area contributed by atoms with Gasteiger partial charge in [0.05, 0.1) is 20.1 Å². The molecule has 3 aromatic carbocycles. The highest BCUT2D eigenvalue weighted by Gasteiger charge is 2.45. The Morgan fingerprint density at radius 2 is 1.56 bits per heavy atom. The van der Waals surface area contributed by atoms with E-state index in [0.717, 1.165) is 11.1 Å². The van der Waals surface area contributed by atoms with Gasteiger partial charge in [0.25, 0.3) is 0 Å². The van der Waals surface area contributed by atoms with E-state index in [1.54, 1.807) is 24.3 Å². The van der Waals surface area contributed by atoms with Crippen molar-refractivity contribution < 1.29 is 23.9 Å². The first kappa shape index (κ1) is 23.0. The number of methoxy groups -OCH3 is 1. The Morgan fingerprint density at radius 1 is 0.941 bits per heavy atom. The van der Waals surface area contributed by atoms with Gasteiger partial charge in [0, 0.05) is 0 Å². The van der Waals surface area contributed by atoms with Gasteiger partial charge in [-0.1, -0.05) is 72.8 Å². The van der Waals surface area contributed by atoms with Crippen LogP contribution >= 0.6 is 0 Å². The smallest absolute Gasteiger partial charge is 0.333 e. The summed E-state index contributed by atoms with van der Waals surface area (Å²) in [4.78, 5) is 39.0. The number of nitrogens with zero attached hydrogens (tertiary/aromatic N) is 1. The molecule has 2 atom stereocenters. The molecule has 3 aromatic rings. The highest BCUT2D eigenvalue weighted by molar-refractivity contribution is 5.96. The van der Waals surface area contributed by atoms with E-state index in [9.17, 15) is 14.4 Å². The quantitative estimate of drug-likeness (QED) is 0.394. The highest BCUT2D eigenvalue weighted by Crippen LogP contribution is 2.29. The molecule has 4 rings (SSSR count). The second kappa shape index (κ2) is 10.7. The number of β-lactam (4-membered cyclic amide) rings is 1. The van der Waals surface area contributed by atoms with Gasteiger partial charge in [0.15, 0.2) is 6.04 Å². The van der Waals surface area contributed by atoms with Crippen molar-refractivity contribution in [3.05, 3.63) is 102 Å². The van der Waals surface area contributed by atoms with Gasteiger partial charge >= 0.3 is 5.97 Å². The van der Waals surface area contributed by atoms with Crippen LogP contribution in [0.3, 0.4) is 0 Å². The molecule has 1 aliphatic heterocycles. The van der Waals surface area contributed by atoms with E-state index in [1.165, 1.54) is 12.0 Å². The third-order valence-corrected chi connectivity index (χ3v) is 5.68. The van der Waals surface area contributed by atoms with Crippen molar-refractivity contribution in [2.75, 3.05) is 13.7 Å². The average molecular weight is 459 g/mol. The number of likely N-dealkylation sites (tertiary alicyclic amines) is 1. The monoisotopic (exact) mass is 458 g/mol. The molecule has 0 aliphatic carbocycles. The first-order chi connectivity index (χ1) is 16.5. The van der Waals surface area contributed by atoms with Gasteiger partial charge in [0.1, 0.15) is 18.4 Å². The van der Waals surface area contributed by atoms with Crippen molar-refractivity contribution in [3.8, 4) is 5.75 Å². The average Bonchev–Trinajstić information content (AvgIpc) is 2.88. The van der Waals surface area contributed by atoms with Crippen LogP contribution in [-0.4, -0.2) is 42.4 Å². The summed E-state index contributed by atoms with van der Waals surface area (Å²) in [6.07, 6.45) is 0.190. The summed E-state index contributed by atoms with van der Waals surface area (Å²) < 4.78 is 10.8. The van der Waals surface area contributed by atoms with E-state index in [4.69, 9.17) is 9.47 Å². The Hall–Kier alpha value is -4.13. The fraction of sp³-hybridized carbons (Fsp3) is 0.222. The number of benzene rings is 3. The molecule has 0 radical (unpaired) electrons. The van der Waals surface area contributed by atoms with Crippen LogP contribution in [0.5, 0.6) is 5.75 Å². The number of carbonyl (C=O) groups is 3. The molecular weight excluding hydrogens is 432 g/mol. The summed E-state index contributed by atoms with van der Waals surface area (Å²) in [6.45, 7) is 0.654. The van der Waals surface area contributed by atoms with Crippen molar-refractivity contribution in [1.29, 1.82) is 0 Å². The van der Waals surface area contributed by atoms with Crippen molar-refractivity contribution in [2.24, 2.45) is 0 Å². The zero-order chi connectivity index (χ0) is 23.9. The Balaban J connectivity index is 1.37. The lowest BCUT2D eigenvalue weighted by Crippen LogP contribution is -2.65. The van der Waals surface area contributed by atoms with E-state index in [1.807, 2.05) is 60.7 Å². The van der Waals surface area contributed by atoms with Crippen LogP contribution in [0, 0.1) is 0 Å². The zero-order valence-electron chi connectivity index (χ0n) is 18.8. The molecule has 0 bridgehead atoms. The number of hydrogen-bond acceptors (Lipinski definition) is 5. The lowest BCUT2D eigenvalue weighted by atomic mass is 9.98. The molecule has 7 nitrogen and oxygen atoms in total. The maximum Gasteiger partial charge on any atom is 0.333 e. The predicted octanol–water partition coefficient (Wildman–Crippen LogP) is 3.05. The second-order valence-electron chi connectivity index (χ2n) is 8.04. The number of rotatable bonds is 9. The summed E-state index contributed by atoms with van der Waals surface area (Å²) in [5.74, 6) is -0.447. The number of nitrogens with one attached hydrogen (secondary N) is 1. The molecule has 7 heteroatoms. The van der Waals surface area contributed by atoms with Crippen molar-refractivity contribution in [2.45, 2.75) is 25.1 Å². The van der Waals surface area contributed by atoms with E-state index in [-0.39, 0.29) is 24.8 Å². The first-order valence-electron chi connectivity index (χ1n) is 11.0. The maximum atomic E-state index is 12.8. The Labute approximate surface area is 198 Å². The number of amides is 2. The molecule has 1 aliphatic rings. The number of carbonyl (C=O) groups excluding carboxylic acids is 3. The molecule has 2 unspecified atom stereocenters. The lowest BCUT2D eigenvalue weighted by molar-refractivity contribution is -0.162. The van der Waals surface area contributed by atoms with E-state index in [0.29, 0.717) is 17.9 Å². The van der Waals surface area contributed by atoms with Crippen LogP contribution < -0.4 is 10.1 Å². The summed E-state index contributed by atoms with van der Waals surface area (Å²) >= 11 is 0. The van der Waals surface area contributed by atoms with E-state index in [2.05, 4.69) is 5.32 Å². The fourth-order valence-electron chi connectivity index (χ4n) is 3.86. The SMILES string of the molecule is COC(=O)C(c1ccc(OCc2ccccc2)cc1)N1CC(NC(=O)Cc2ccccc2)C1=O. The van der Waals surface area contributed by atoms with E-state index >= 15 is 0 Å². The molecule has 1 N–H and O–H groups in total. The lowest BCUT2D eigenvalue weighted by Gasteiger charge is -2.42. The van der Waals surface area contributed by atoms with Crippen LogP contribution in [0.4, 0.5) is 0 Å². The summed E-state index contributed by atoms with van der Waals surface area (Å²) in [6, 6.07) is 24.6. The summed E-state index contributed by atoms with van der Waals surface area (Å²) in [5, 5.41) is 2.75. The summed E-state index contributed by atoms with van der Waals surface area (Å²) in [7, 11) is 1.29. The normalized spacial score (nSPS) is 15.7. The number of ether oxygens (including phenoxy) is 2. The maximum absolute atomic E-state index is 12.8. The van der Waals surface area contributed by atoms with Crippen LogP contribution in [0.25, 0.3) is 0 Å². The van der Waals surface area contributed by atoms with Gasteiger partial charge in [-0.3, -0.25) is 9.59 Å². The third-order valence-electron chi connectivity index (χ3n) is 5.68. The molecule has 1 fully saturated rings. The molecule has 34 heavy (non-hydrogen) atoms. The minimum absolute atomic E-state index is 0.190. The van der Waals surface area contributed by atoms with Gasteiger partial charge in [-0.2, -0.15) is 0 Å². The number of hydrogen-bond donors (Lipinski definition) is 1. The highest BCUT2D eigenvalue weighted by atomic mass is 16.5. The van der Waals surface area contributed by atoms with Gasteiger partial charge in [-0.05, 0) is 28.8 Å². The predicted molar refractivity (Wildman–Crippen MR) is 126 cm³/mol. The molecule has 0 spiro atoms. The fourth-order valence-corrected chi connectivity index (χ4v) is 3.86. The number of esters is 1. The van der Waals surface area contributed by atoms with Crippen LogP contribution in [-0.2, 0) is 32.1 Å². The topological polar surface area (TPSA) is 84.9 Å². The molecule has 0 saturated carbocycles. The first-order valence-corrected chi connectivity index (χ1v) is 11.0. The molecular formula is C27H26N2O5. The minimum atomic E-state index is -0.886. The van der Waals surface area contributed by atoms with Crippen LogP contribution in [0.15, 0.2) is 84.9 Å². The molecule has 1 heterocycles. The third kappa shape index (κ3) is 5.43. The van der Waals surface area contributed by atoms with Crippen LogP contribution in [0.2, 0.25) is 0 Å². The van der Waals surface area contributed by atoms with Crippen molar-refractivity contribution >= 4 is 17.8 Å². The van der Waals surface area contributed by atoms with Gasteiger partial charge in [-0.25, -0.2) is 4.79 Å². The Bertz CT molecular complexity index is 1130. The minimum Gasteiger partial charge on any atom is -0.489 e. The standard InChI is InChI=1S/C27H26N2O5/c1-33-27(32)25(21-12-14-22(15-13-21)34-18-20-10-6-3-7-11-20)29-17-23(26(29)31)28-24(30)16-19-8-4-2-5-9-19/h2-15,23,25H,16-18H2,1H3,(H,28,30). The zero-order valence-corrected chi connectivity index (χ0v) is 18.8. The Morgan fingerprint density at radius 3 is 2.15 bits per heavy atom. The molecule has 1 saturated heterocycles. The molecule has 2 amide bonds. The van der Waals surface area contributed by atoms with Gasteiger partial charge in [0.2, 0.25) is 11.8 Å². The van der Waals surface area contributed by atoms with Gasteiger partial charge in [-0.15, -0.1) is 0 Å².